The molecule has 0 unspecified atom stereocenters. The second-order valence-electron chi connectivity index (χ2n) is 5.85. The van der Waals surface area contributed by atoms with E-state index in [0.717, 1.165) is 11.4 Å². The number of amides is 1. The highest BCUT2D eigenvalue weighted by Crippen LogP contribution is 2.28. The molecule has 0 aliphatic carbocycles. The molecular formula is C19H21N3O4. The van der Waals surface area contributed by atoms with Crippen LogP contribution in [0.5, 0.6) is 5.75 Å². The second kappa shape index (κ2) is 8.33. The summed E-state index contributed by atoms with van der Waals surface area (Å²) in [6.07, 6.45) is 3.02. The molecule has 7 heteroatoms. The maximum absolute atomic E-state index is 12.3. The molecule has 0 N–H and O–H groups in total. The first-order valence-corrected chi connectivity index (χ1v) is 8.42. The first-order valence-electron chi connectivity index (χ1n) is 8.42. The van der Waals surface area contributed by atoms with Gasteiger partial charge in [0.05, 0.1) is 18.4 Å². The van der Waals surface area contributed by atoms with Crippen molar-refractivity contribution in [1.82, 2.24) is 9.88 Å². The van der Waals surface area contributed by atoms with E-state index < -0.39 is 5.97 Å². The quantitative estimate of drug-likeness (QED) is 0.759. The number of para-hydroxylation sites is 2. The highest BCUT2D eigenvalue weighted by molar-refractivity contribution is 5.91. The zero-order valence-corrected chi connectivity index (χ0v) is 14.6. The Labute approximate surface area is 152 Å². The molecule has 3 rings (SSSR count). The predicted molar refractivity (Wildman–Crippen MR) is 96.3 cm³/mol. The zero-order valence-electron chi connectivity index (χ0n) is 14.6. The van der Waals surface area contributed by atoms with Gasteiger partial charge in [0.15, 0.2) is 6.61 Å². The van der Waals surface area contributed by atoms with Gasteiger partial charge in [-0.3, -0.25) is 9.78 Å². The molecule has 2 heterocycles. The number of hydrogen-bond donors (Lipinski definition) is 0. The topological polar surface area (TPSA) is 72.0 Å². The van der Waals surface area contributed by atoms with Crippen molar-refractivity contribution in [3.63, 3.8) is 0 Å². The molecule has 1 aliphatic rings. The van der Waals surface area contributed by atoms with Gasteiger partial charge in [-0.1, -0.05) is 12.1 Å². The number of piperazine rings is 1. The van der Waals surface area contributed by atoms with E-state index in [-0.39, 0.29) is 12.5 Å². The van der Waals surface area contributed by atoms with Crippen LogP contribution >= 0.6 is 0 Å². The number of methoxy groups -OCH3 is 1. The molecule has 1 amide bonds. The Morgan fingerprint density at radius 2 is 1.73 bits per heavy atom. The van der Waals surface area contributed by atoms with E-state index in [1.165, 1.54) is 12.4 Å². The lowest BCUT2D eigenvalue weighted by Crippen LogP contribution is -2.50. The molecule has 1 saturated heterocycles. The minimum absolute atomic E-state index is 0.188. The Bertz CT molecular complexity index is 758. The zero-order chi connectivity index (χ0) is 18.4. The van der Waals surface area contributed by atoms with Crippen molar-refractivity contribution in [1.29, 1.82) is 0 Å². The van der Waals surface area contributed by atoms with Gasteiger partial charge in [0, 0.05) is 38.6 Å². The first kappa shape index (κ1) is 17.7. The normalized spacial score (nSPS) is 14.0. The number of carbonyl (C=O) groups is 2. The van der Waals surface area contributed by atoms with Gasteiger partial charge in [0.25, 0.3) is 5.91 Å². The molecule has 0 atom stereocenters. The molecule has 0 saturated carbocycles. The molecule has 0 bridgehead atoms. The molecular weight excluding hydrogens is 334 g/mol. The standard InChI is InChI=1S/C19H21N3O4/c1-25-17-5-3-2-4-16(17)21-10-12-22(13-11-21)18(23)14-26-19(24)15-6-8-20-9-7-15/h2-9H,10-14H2,1H3. The number of hydrogen-bond acceptors (Lipinski definition) is 6. The fourth-order valence-electron chi connectivity index (χ4n) is 2.88. The Morgan fingerprint density at radius 3 is 2.42 bits per heavy atom. The summed E-state index contributed by atoms with van der Waals surface area (Å²) in [5.41, 5.74) is 1.40. The molecule has 7 nitrogen and oxygen atoms in total. The fraction of sp³-hybridized carbons (Fsp3) is 0.316. The van der Waals surface area contributed by atoms with Gasteiger partial charge in [-0.25, -0.2) is 4.79 Å². The summed E-state index contributed by atoms with van der Waals surface area (Å²) in [6, 6.07) is 10.9. The summed E-state index contributed by atoms with van der Waals surface area (Å²) in [6.45, 7) is 2.29. The molecule has 26 heavy (non-hydrogen) atoms. The molecule has 1 aromatic heterocycles. The highest BCUT2D eigenvalue weighted by atomic mass is 16.5. The number of anilines is 1. The van der Waals surface area contributed by atoms with E-state index in [2.05, 4.69) is 9.88 Å². The SMILES string of the molecule is COc1ccccc1N1CCN(C(=O)COC(=O)c2ccncc2)CC1. The van der Waals surface area contributed by atoms with Crippen LogP contribution in [0.4, 0.5) is 5.69 Å². The van der Waals surface area contributed by atoms with Crippen LogP contribution in [0.3, 0.4) is 0 Å². The van der Waals surface area contributed by atoms with E-state index in [9.17, 15) is 9.59 Å². The van der Waals surface area contributed by atoms with Crippen LogP contribution in [-0.4, -0.2) is 61.7 Å². The van der Waals surface area contributed by atoms with Gasteiger partial charge in [-0.2, -0.15) is 0 Å². The number of benzene rings is 1. The maximum Gasteiger partial charge on any atom is 0.338 e. The number of carbonyl (C=O) groups excluding carboxylic acids is 2. The van der Waals surface area contributed by atoms with Gasteiger partial charge < -0.3 is 19.3 Å². The van der Waals surface area contributed by atoms with Crippen molar-refractivity contribution >= 4 is 17.6 Å². The highest BCUT2D eigenvalue weighted by Gasteiger charge is 2.23. The average Bonchev–Trinajstić information content (AvgIpc) is 2.72. The van der Waals surface area contributed by atoms with Crippen LogP contribution in [0.15, 0.2) is 48.8 Å². The van der Waals surface area contributed by atoms with E-state index >= 15 is 0 Å². The third-order valence-electron chi connectivity index (χ3n) is 4.30. The van der Waals surface area contributed by atoms with Crippen molar-refractivity contribution in [2.75, 3.05) is 44.8 Å². The summed E-state index contributed by atoms with van der Waals surface area (Å²) in [5.74, 6) is 0.110. The number of pyridine rings is 1. The number of esters is 1. The fourth-order valence-corrected chi connectivity index (χ4v) is 2.88. The monoisotopic (exact) mass is 355 g/mol. The lowest BCUT2D eigenvalue weighted by atomic mass is 10.2. The van der Waals surface area contributed by atoms with Crippen LogP contribution in [0.1, 0.15) is 10.4 Å². The van der Waals surface area contributed by atoms with Crippen molar-refractivity contribution in [2.45, 2.75) is 0 Å². The number of ether oxygens (including phenoxy) is 2. The van der Waals surface area contributed by atoms with Gasteiger partial charge in [-0.15, -0.1) is 0 Å². The number of nitrogens with zero attached hydrogens (tertiary/aromatic N) is 3. The van der Waals surface area contributed by atoms with Crippen LogP contribution in [0.2, 0.25) is 0 Å². The molecule has 1 aromatic carbocycles. The Hall–Kier alpha value is -3.09. The first-order chi connectivity index (χ1) is 12.7. The van der Waals surface area contributed by atoms with Crippen molar-refractivity contribution in [3.05, 3.63) is 54.4 Å². The van der Waals surface area contributed by atoms with E-state index in [1.54, 1.807) is 24.1 Å². The van der Waals surface area contributed by atoms with Crippen molar-refractivity contribution in [2.24, 2.45) is 0 Å². The molecule has 0 radical (unpaired) electrons. The summed E-state index contributed by atoms with van der Waals surface area (Å²) in [5, 5.41) is 0. The summed E-state index contributed by atoms with van der Waals surface area (Å²) in [7, 11) is 1.65. The number of rotatable bonds is 5. The Balaban J connectivity index is 1.50. The largest absolute Gasteiger partial charge is 0.495 e. The van der Waals surface area contributed by atoms with Crippen LogP contribution < -0.4 is 9.64 Å². The van der Waals surface area contributed by atoms with Crippen molar-refractivity contribution < 1.29 is 19.1 Å². The third kappa shape index (κ3) is 4.11. The lowest BCUT2D eigenvalue weighted by Gasteiger charge is -2.36. The maximum atomic E-state index is 12.3. The van der Waals surface area contributed by atoms with Gasteiger partial charge in [-0.05, 0) is 24.3 Å². The minimum Gasteiger partial charge on any atom is -0.495 e. The summed E-state index contributed by atoms with van der Waals surface area (Å²) in [4.78, 5) is 31.9. The third-order valence-corrected chi connectivity index (χ3v) is 4.30. The van der Waals surface area contributed by atoms with E-state index in [1.807, 2.05) is 24.3 Å². The molecule has 136 valence electrons. The lowest BCUT2D eigenvalue weighted by molar-refractivity contribution is -0.134. The summed E-state index contributed by atoms with van der Waals surface area (Å²) < 4.78 is 10.5. The molecule has 1 aliphatic heterocycles. The van der Waals surface area contributed by atoms with E-state index in [0.29, 0.717) is 31.7 Å². The summed E-state index contributed by atoms with van der Waals surface area (Å²) >= 11 is 0. The van der Waals surface area contributed by atoms with E-state index in [4.69, 9.17) is 9.47 Å². The van der Waals surface area contributed by atoms with Gasteiger partial charge >= 0.3 is 5.97 Å². The van der Waals surface area contributed by atoms with Gasteiger partial charge in [0.1, 0.15) is 5.75 Å². The predicted octanol–water partition coefficient (Wildman–Crippen LogP) is 1.60. The average molecular weight is 355 g/mol. The van der Waals surface area contributed by atoms with Crippen molar-refractivity contribution in [3.8, 4) is 5.75 Å². The smallest absolute Gasteiger partial charge is 0.338 e. The Kier molecular flexibility index (Phi) is 5.68. The van der Waals surface area contributed by atoms with Crippen LogP contribution in [0.25, 0.3) is 0 Å². The Morgan fingerprint density at radius 1 is 1.04 bits per heavy atom. The minimum atomic E-state index is -0.520. The van der Waals surface area contributed by atoms with Gasteiger partial charge in [0.2, 0.25) is 0 Å². The molecule has 2 aromatic rings. The molecule has 1 fully saturated rings. The molecule has 0 spiro atoms. The second-order valence-corrected chi connectivity index (χ2v) is 5.85. The van der Waals surface area contributed by atoms with Crippen LogP contribution in [0, 0.1) is 0 Å². The van der Waals surface area contributed by atoms with Crippen LogP contribution in [-0.2, 0) is 9.53 Å². The number of aromatic nitrogens is 1.